The first-order valence-electron chi connectivity index (χ1n) is 7.23. The summed E-state index contributed by atoms with van der Waals surface area (Å²) in [5.41, 5.74) is 3.40. The third kappa shape index (κ3) is 3.88. The third-order valence-electron chi connectivity index (χ3n) is 3.51. The van der Waals surface area contributed by atoms with Crippen molar-refractivity contribution >= 4 is 5.97 Å². The average molecular weight is 284 g/mol. The van der Waals surface area contributed by atoms with Crippen LogP contribution in [0.25, 0.3) is 11.4 Å². The van der Waals surface area contributed by atoms with Crippen LogP contribution in [0, 0.1) is 6.92 Å². The minimum atomic E-state index is -0.780. The summed E-state index contributed by atoms with van der Waals surface area (Å²) in [5.74, 6) is -1.26. The van der Waals surface area contributed by atoms with Gasteiger partial charge in [-0.05, 0) is 48.7 Å². The van der Waals surface area contributed by atoms with E-state index in [1.807, 2.05) is 25.1 Å². The van der Waals surface area contributed by atoms with Gasteiger partial charge in [0.15, 0.2) is 0 Å². The zero-order chi connectivity index (χ0) is 15.2. The number of carboxylic acids is 1. The molecule has 2 aromatic heterocycles. The van der Waals surface area contributed by atoms with Crippen molar-refractivity contribution in [1.82, 2.24) is 9.97 Å². The maximum atomic E-state index is 11.5. The highest BCUT2D eigenvalue weighted by Gasteiger charge is 2.20. The lowest BCUT2D eigenvalue weighted by Crippen LogP contribution is -2.12. The van der Waals surface area contributed by atoms with Crippen molar-refractivity contribution in [1.29, 1.82) is 0 Å². The van der Waals surface area contributed by atoms with Gasteiger partial charge in [-0.1, -0.05) is 19.8 Å². The van der Waals surface area contributed by atoms with E-state index in [2.05, 4.69) is 16.9 Å². The third-order valence-corrected chi connectivity index (χ3v) is 3.51. The van der Waals surface area contributed by atoms with Gasteiger partial charge in [0, 0.05) is 12.4 Å². The molecule has 0 spiro atoms. The average Bonchev–Trinajstić information content (AvgIpc) is 2.48. The molecule has 110 valence electrons. The van der Waals surface area contributed by atoms with E-state index in [0.717, 1.165) is 35.4 Å². The van der Waals surface area contributed by atoms with Crippen molar-refractivity contribution in [2.45, 2.75) is 39.0 Å². The van der Waals surface area contributed by atoms with Gasteiger partial charge in [-0.3, -0.25) is 14.8 Å². The number of carbonyl (C=O) groups is 1. The molecule has 0 aliphatic heterocycles. The van der Waals surface area contributed by atoms with Gasteiger partial charge >= 0.3 is 5.97 Å². The van der Waals surface area contributed by atoms with Crippen molar-refractivity contribution in [2.24, 2.45) is 0 Å². The van der Waals surface area contributed by atoms with Crippen LogP contribution in [-0.2, 0) is 4.79 Å². The Labute approximate surface area is 124 Å². The first-order chi connectivity index (χ1) is 10.1. The second-order valence-electron chi connectivity index (χ2n) is 5.23. The molecule has 1 atom stereocenters. The number of hydrogen-bond acceptors (Lipinski definition) is 3. The number of aryl methyl sites for hydroxylation is 1. The summed E-state index contributed by atoms with van der Waals surface area (Å²) in [4.78, 5) is 20.1. The molecule has 0 aliphatic carbocycles. The van der Waals surface area contributed by atoms with Gasteiger partial charge in [0.2, 0.25) is 0 Å². The van der Waals surface area contributed by atoms with Gasteiger partial charge in [-0.2, -0.15) is 0 Å². The summed E-state index contributed by atoms with van der Waals surface area (Å²) < 4.78 is 0. The second-order valence-corrected chi connectivity index (χ2v) is 5.23. The molecule has 2 aromatic rings. The fraction of sp³-hybridized carbons (Fsp3) is 0.353. The van der Waals surface area contributed by atoms with Crippen molar-refractivity contribution in [2.75, 3.05) is 0 Å². The topological polar surface area (TPSA) is 63.1 Å². The lowest BCUT2D eigenvalue weighted by molar-refractivity contribution is -0.139. The standard InChI is InChI=1S/C17H20N2O2/c1-3-4-5-14(17(20)21)13-7-9-19-16(11-13)15-10-12(2)6-8-18-15/h6-11,14H,3-5H2,1-2H3,(H,20,21). The quantitative estimate of drug-likeness (QED) is 0.876. The van der Waals surface area contributed by atoms with E-state index in [1.165, 1.54) is 0 Å². The van der Waals surface area contributed by atoms with Crippen molar-refractivity contribution < 1.29 is 9.90 Å². The molecular formula is C17H20N2O2. The number of pyridine rings is 2. The molecule has 4 nitrogen and oxygen atoms in total. The highest BCUT2D eigenvalue weighted by molar-refractivity contribution is 5.76. The predicted octanol–water partition coefficient (Wildman–Crippen LogP) is 3.81. The molecule has 0 radical (unpaired) electrons. The number of aliphatic carboxylic acids is 1. The lowest BCUT2D eigenvalue weighted by Gasteiger charge is -2.13. The van der Waals surface area contributed by atoms with Crippen LogP contribution in [-0.4, -0.2) is 21.0 Å². The first kappa shape index (κ1) is 15.2. The maximum Gasteiger partial charge on any atom is 0.310 e. The normalized spacial score (nSPS) is 12.1. The fourth-order valence-electron chi connectivity index (χ4n) is 2.32. The highest BCUT2D eigenvalue weighted by Crippen LogP contribution is 2.25. The van der Waals surface area contributed by atoms with E-state index >= 15 is 0 Å². The smallest absolute Gasteiger partial charge is 0.310 e. The van der Waals surface area contributed by atoms with Gasteiger partial charge in [0.1, 0.15) is 0 Å². The molecule has 0 bridgehead atoms. The van der Waals surface area contributed by atoms with E-state index in [1.54, 1.807) is 18.5 Å². The summed E-state index contributed by atoms with van der Waals surface area (Å²) in [6, 6.07) is 7.51. The molecule has 0 aromatic carbocycles. The Hall–Kier alpha value is -2.23. The second kappa shape index (κ2) is 6.97. The predicted molar refractivity (Wildman–Crippen MR) is 82.1 cm³/mol. The largest absolute Gasteiger partial charge is 0.481 e. The van der Waals surface area contributed by atoms with Crippen LogP contribution >= 0.6 is 0 Å². The van der Waals surface area contributed by atoms with Crippen LogP contribution in [0.1, 0.15) is 43.2 Å². The maximum absolute atomic E-state index is 11.5. The number of nitrogens with zero attached hydrogens (tertiary/aromatic N) is 2. The van der Waals surface area contributed by atoms with Crippen LogP contribution < -0.4 is 0 Å². The van der Waals surface area contributed by atoms with E-state index < -0.39 is 11.9 Å². The SMILES string of the molecule is CCCCC(C(=O)O)c1ccnc(-c2cc(C)ccn2)c1. The van der Waals surface area contributed by atoms with Crippen molar-refractivity contribution in [3.8, 4) is 11.4 Å². The summed E-state index contributed by atoms with van der Waals surface area (Å²) in [7, 11) is 0. The number of carboxylic acid groups (broad SMARTS) is 1. The fourth-order valence-corrected chi connectivity index (χ4v) is 2.32. The van der Waals surface area contributed by atoms with E-state index in [4.69, 9.17) is 0 Å². The Morgan fingerprint density at radius 1 is 1.19 bits per heavy atom. The molecule has 1 unspecified atom stereocenters. The van der Waals surface area contributed by atoms with E-state index in [0.29, 0.717) is 6.42 Å². The zero-order valence-corrected chi connectivity index (χ0v) is 12.4. The molecule has 0 aliphatic rings. The van der Waals surface area contributed by atoms with Crippen LogP contribution in [0.15, 0.2) is 36.7 Å². The van der Waals surface area contributed by atoms with E-state index in [9.17, 15) is 9.90 Å². The molecule has 0 saturated carbocycles. The molecule has 2 heterocycles. The van der Waals surface area contributed by atoms with Gasteiger partial charge in [0.25, 0.3) is 0 Å². The molecule has 0 saturated heterocycles. The van der Waals surface area contributed by atoms with Crippen molar-refractivity contribution in [3.05, 3.63) is 47.8 Å². The Bertz CT molecular complexity index is 626. The summed E-state index contributed by atoms with van der Waals surface area (Å²) >= 11 is 0. The molecule has 21 heavy (non-hydrogen) atoms. The van der Waals surface area contributed by atoms with E-state index in [-0.39, 0.29) is 0 Å². The van der Waals surface area contributed by atoms with Crippen LogP contribution in [0.5, 0.6) is 0 Å². The zero-order valence-electron chi connectivity index (χ0n) is 12.4. The number of rotatable bonds is 6. The van der Waals surface area contributed by atoms with Crippen LogP contribution in [0.2, 0.25) is 0 Å². The Kier molecular flexibility index (Phi) is 5.04. The number of unbranched alkanes of at least 4 members (excludes halogenated alkanes) is 1. The summed E-state index contributed by atoms with van der Waals surface area (Å²) in [5, 5.41) is 9.42. The Morgan fingerprint density at radius 3 is 2.48 bits per heavy atom. The summed E-state index contributed by atoms with van der Waals surface area (Å²) in [6.45, 7) is 4.06. The molecule has 0 amide bonds. The Balaban J connectivity index is 2.33. The van der Waals surface area contributed by atoms with Crippen LogP contribution in [0.4, 0.5) is 0 Å². The minimum Gasteiger partial charge on any atom is -0.481 e. The number of aromatic nitrogens is 2. The van der Waals surface area contributed by atoms with Gasteiger partial charge in [0.05, 0.1) is 17.3 Å². The molecule has 1 N–H and O–H groups in total. The molecule has 0 fully saturated rings. The first-order valence-corrected chi connectivity index (χ1v) is 7.23. The summed E-state index contributed by atoms with van der Waals surface area (Å²) in [6.07, 6.45) is 5.94. The van der Waals surface area contributed by atoms with Gasteiger partial charge in [-0.15, -0.1) is 0 Å². The minimum absolute atomic E-state index is 0.475. The van der Waals surface area contributed by atoms with Gasteiger partial charge < -0.3 is 5.11 Å². The molecule has 4 heteroatoms. The highest BCUT2D eigenvalue weighted by atomic mass is 16.4. The lowest BCUT2D eigenvalue weighted by atomic mass is 9.93. The van der Waals surface area contributed by atoms with Crippen LogP contribution in [0.3, 0.4) is 0 Å². The van der Waals surface area contributed by atoms with Crippen molar-refractivity contribution in [3.63, 3.8) is 0 Å². The molecular weight excluding hydrogens is 264 g/mol. The number of hydrogen-bond donors (Lipinski definition) is 1. The van der Waals surface area contributed by atoms with Gasteiger partial charge in [-0.25, -0.2) is 0 Å². The molecule has 2 rings (SSSR count). The monoisotopic (exact) mass is 284 g/mol. The Morgan fingerprint density at radius 2 is 1.86 bits per heavy atom.